The van der Waals surface area contributed by atoms with E-state index in [2.05, 4.69) is 17.6 Å². The quantitative estimate of drug-likeness (QED) is 0.881. The Balaban J connectivity index is 0.00000144. The van der Waals surface area contributed by atoms with E-state index in [4.69, 9.17) is 11.6 Å². The molecule has 6 heteroatoms. The van der Waals surface area contributed by atoms with Gasteiger partial charge in [0.1, 0.15) is 0 Å². The first-order valence-corrected chi connectivity index (χ1v) is 6.66. The lowest BCUT2D eigenvalue weighted by Gasteiger charge is -2.30. The van der Waals surface area contributed by atoms with Gasteiger partial charge in [0.2, 0.25) is 0 Å². The lowest BCUT2D eigenvalue weighted by atomic mass is 10.00. The molecule has 0 radical (unpaired) electrons. The van der Waals surface area contributed by atoms with Gasteiger partial charge in [0, 0.05) is 12.1 Å². The van der Waals surface area contributed by atoms with Gasteiger partial charge in [-0.1, -0.05) is 11.6 Å². The highest BCUT2D eigenvalue weighted by Crippen LogP contribution is 2.21. The van der Waals surface area contributed by atoms with Crippen molar-refractivity contribution < 1.29 is 4.79 Å². The second kappa shape index (κ2) is 6.59. The number of nitrogens with one attached hydrogen (secondary N) is 2. The lowest BCUT2D eigenvalue weighted by molar-refractivity contribution is 0.0924. The number of thiophene rings is 1. The number of piperidine rings is 1. The molecule has 1 aliphatic heterocycles. The van der Waals surface area contributed by atoms with Crippen LogP contribution in [0.25, 0.3) is 0 Å². The van der Waals surface area contributed by atoms with Gasteiger partial charge in [-0.3, -0.25) is 4.79 Å². The molecule has 2 heterocycles. The fourth-order valence-electron chi connectivity index (χ4n) is 1.92. The number of hydrogen-bond donors (Lipinski definition) is 2. The zero-order valence-electron chi connectivity index (χ0n) is 9.53. The van der Waals surface area contributed by atoms with Gasteiger partial charge in [-0.15, -0.1) is 23.7 Å². The maximum Gasteiger partial charge on any atom is 0.261 e. The Kier molecular flexibility index (Phi) is 5.73. The summed E-state index contributed by atoms with van der Waals surface area (Å²) in [5.74, 6) is -0.0162. The summed E-state index contributed by atoms with van der Waals surface area (Å²) in [5.41, 5.74) is 0. The van der Waals surface area contributed by atoms with Crippen LogP contribution < -0.4 is 10.6 Å². The van der Waals surface area contributed by atoms with Crippen LogP contribution in [0.4, 0.5) is 0 Å². The van der Waals surface area contributed by atoms with E-state index in [-0.39, 0.29) is 24.4 Å². The summed E-state index contributed by atoms with van der Waals surface area (Å²) in [5, 5.41) is 6.41. The molecule has 1 saturated heterocycles. The monoisotopic (exact) mass is 294 g/mol. The van der Waals surface area contributed by atoms with Crippen molar-refractivity contribution in [1.82, 2.24) is 10.6 Å². The Labute approximate surface area is 116 Å². The molecule has 1 amide bonds. The molecule has 0 saturated carbocycles. The zero-order chi connectivity index (χ0) is 11.5. The minimum Gasteiger partial charge on any atom is -0.347 e. The Bertz CT molecular complexity index is 383. The van der Waals surface area contributed by atoms with Gasteiger partial charge >= 0.3 is 0 Å². The highest BCUT2D eigenvalue weighted by molar-refractivity contribution is 7.17. The van der Waals surface area contributed by atoms with Gasteiger partial charge in [0.25, 0.3) is 5.91 Å². The van der Waals surface area contributed by atoms with E-state index < -0.39 is 0 Å². The molecule has 2 atom stereocenters. The second-order valence-electron chi connectivity index (χ2n) is 4.07. The topological polar surface area (TPSA) is 41.1 Å². The van der Waals surface area contributed by atoms with E-state index in [9.17, 15) is 4.79 Å². The second-order valence-corrected chi connectivity index (χ2v) is 5.78. The zero-order valence-corrected chi connectivity index (χ0v) is 11.9. The van der Waals surface area contributed by atoms with Crippen LogP contribution in [-0.4, -0.2) is 24.5 Å². The minimum atomic E-state index is -0.0162. The summed E-state index contributed by atoms with van der Waals surface area (Å²) in [6.07, 6.45) is 2.15. The Hall–Kier alpha value is -0.290. The SMILES string of the molecule is CC1NCCCC1NC(=O)c1ccc(Cl)s1.Cl. The van der Waals surface area contributed by atoms with E-state index in [1.54, 1.807) is 12.1 Å². The Morgan fingerprint density at radius 3 is 2.94 bits per heavy atom. The van der Waals surface area contributed by atoms with Crippen molar-refractivity contribution in [2.45, 2.75) is 31.8 Å². The fourth-order valence-corrected chi connectivity index (χ4v) is 2.86. The van der Waals surface area contributed by atoms with Gasteiger partial charge in [-0.2, -0.15) is 0 Å². The lowest BCUT2D eigenvalue weighted by Crippen LogP contribution is -2.51. The highest BCUT2D eigenvalue weighted by Gasteiger charge is 2.23. The normalized spacial score (nSPS) is 23.9. The molecule has 3 nitrogen and oxygen atoms in total. The number of amides is 1. The molecule has 17 heavy (non-hydrogen) atoms. The molecule has 1 aromatic rings. The molecule has 0 bridgehead atoms. The first-order chi connectivity index (χ1) is 7.66. The van der Waals surface area contributed by atoms with E-state index in [0.717, 1.165) is 19.4 Å². The number of carbonyl (C=O) groups is 1. The molecule has 0 aromatic carbocycles. The molecule has 1 aromatic heterocycles. The van der Waals surface area contributed by atoms with E-state index in [1.807, 2.05) is 0 Å². The van der Waals surface area contributed by atoms with E-state index in [1.165, 1.54) is 11.3 Å². The molecule has 1 fully saturated rings. The van der Waals surface area contributed by atoms with Crippen molar-refractivity contribution in [1.29, 1.82) is 0 Å². The van der Waals surface area contributed by atoms with Crippen LogP contribution in [0.2, 0.25) is 4.34 Å². The average Bonchev–Trinajstić information content (AvgIpc) is 2.68. The first kappa shape index (κ1) is 14.8. The number of hydrogen-bond acceptors (Lipinski definition) is 3. The standard InChI is InChI=1S/C11H15ClN2OS.ClH/c1-7-8(3-2-6-13-7)14-11(15)9-4-5-10(12)16-9;/h4-5,7-8,13H,2-3,6H2,1H3,(H,14,15);1H. The van der Waals surface area contributed by atoms with E-state index >= 15 is 0 Å². The molecule has 2 N–H and O–H groups in total. The van der Waals surface area contributed by atoms with Crippen LogP contribution in [0.5, 0.6) is 0 Å². The molecule has 0 spiro atoms. The maximum absolute atomic E-state index is 11.9. The molecular weight excluding hydrogens is 279 g/mol. The summed E-state index contributed by atoms with van der Waals surface area (Å²) in [6, 6.07) is 4.09. The van der Waals surface area contributed by atoms with Gasteiger partial charge in [0.05, 0.1) is 9.21 Å². The van der Waals surface area contributed by atoms with Crippen LogP contribution >= 0.6 is 35.3 Å². The predicted molar refractivity (Wildman–Crippen MR) is 74.5 cm³/mol. The fraction of sp³-hybridized carbons (Fsp3) is 0.545. The summed E-state index contributed by atoms with van der Waals surface area (Å²) in [6.45, 7) is 3.14. The predicted octanol–water partition coefficient (Wildman–Crippen LogP) is 2.69. The summed E-state index contributed by atoms with van der Waals surface area (Å²) < 4.78 is 0.653. The molecule has 96 valence electrons. The summed E-state index contributed by atoms with van der Waals surface area (Å²) in [4.78, 5) is 12.6. The van der Waals surface area contributed by atoms with Crippen molar-refractivity contribution in [3.05, 3.63) is 21.3 Å². The highest BCUT2D eigenvalue weighted by atomic mass is 35.5. The third kappa shape index (κ3) is 3.85. The molecule has 2 unspecified atom stereocenters. The van der Waals surface area contributed by atoms with Crippen molar-refractivity contribution in [3.63, 3.8) is 0 Å². The van der Waals surface area contributed by atoms with Crippen molar-refractivity contribution >= 4 is 41.3 Å². The minimum absolute atomic E-state index is 0. The molecule has 2 rings (SSSR count). The Morgan fingerprint density at radius 2 is 2.35 bits per heavy atom. The van der Waals surface area contributed by atoms with Gasteiger partial charge in [0.15, 0.2) is 0 Å². The van der Waals surface area contributed by atoms with Crippen molar-refractivity contribution in [2.75, 3.05) is 6.54 Å². The maximum atomic E-state index is 11.9. The largest absolute Gasteiger partial charge is 0.347 e. The Morgan fingerprint density at radius 1 is 1.59 bits per heavy atom. The average molecular weight is 295 g/mol. The summed E-state index contributed by atoms with van der Waals surface area (Å²) >= 11 is 7.12. The van der Waals surface area contributed by atoms with E-state index in [0.29, 0.717) is 15.3 Å². The number of carbonyl (C=O) groups excluding carboxylic acids is 1. The van der Waals surface area contributed by atoms with Gasteiger partial charge in [-0.25, -0.2) is 0 Å². The smallest absolute Gasteiger partial charge is 0.261 e. The van der Waals surface area contributed by atoms with Crippen LogP contribution in [0.3, 0.4) is 0 Å². The molecule has 1 aliphatic rings. The van der Waals surface area contributed by atoms with Gasteiger partial charge in [-0.05, 0) is 38.4 Å². The first-order valence-electron chi connectivity index (χ1n) is 5.46. The van der Waals surface area contributed by atoms with Crippen LogP contribution in [-0.2, 0) is 0 Å². The number of halogens is 2. The van der Waals surface area contributed by atoms with Crippen LogP contribution in [0, 0.1) is 0 Å². The molecule has 0 aliphatic carbocycles. The van der Waals surface area contributed by atoms with Crippen LogP contribution in [0.1, 0.15) is 29.4 Å². The van der Waals surface area contributed by atoms with Crippen molar-refractivity contribution in [3.8, 4) is 0 Å². The van der Waals surface area contributed by atoms with Crippen molar-refractivity contribution in [2.24, 2.45) is 0 Å². The van der Waals surface area contributed by atoms with Gasteiger partial charge < -0.3 is 10.6 Å². The third-order valence-corrected chi connectivity index (χ3v) is 4.11. The number of rotatable bonds is 2. The summed E-state index contributed by atoms with van der Waals surface area (Å²) in [7, 11) is 0. The van der Waals surface area contributed by atoms with Crippen LogP contribution in [0.15, 0.2) is 12.1 Å². The molecular formula is C11H16Cl2N2OS. The third-order valence-electron chi connectivity index (χ3n) is 2.88.